The minimum Gasteiger partial charge on any atom is -0.465 e. The predicted molar refractivity (Wildman–Crippen MR) is 96.5 cm³/mol. The van der Waals surface area contributed by atoms with Crippen molar-refractivity contribution in [1.82, 2.24) is 9.97 Å². The number of fused-ring (bicyclic) bond motifs is 1. The first-order valence-electron chi connectivity index (χ1n) is 9.37. The van der Waals surface area contributed by atoms with Gasteiger partial charge in [-0.25, -0.2) is 9.78 Å². The van der Waals surface area contributed by atoms with Crippen molar-refractivity contribution in [1.29, 1.82) is 0 Å². The zero-order chi connectivity index (χ0) is 17.2. The summed E-state index contributed by atoms with van der Waals surface area (Å²) in [4.78, 5) is 19.8. The summed E-state index contributed by atoms with van der Waals surface area (Å²) in [6, 6.07) is 2.45. The summed E-state index contributed by atoms with van der Waals surface area (Å²) in [5, 5.41) is 4.77. The first-order chi connectivity index (χ1) is 12.1. The molecule has 2 unspecified atom stereocenters. The summed E-state index contributed by atoms with van der Waals surface area (Å²) in [6.07, 6.45) is 10.2. The van der Waals surface area contributed by atoms with Crippen LogP contribution in [0.15, 0.2) is 18.5 Å². The van der Waals surface area contributed by atoms with Gasteiger partial charge < -0.3 is 15.0 Å². The molecular weight excluding hydrogens is 314 g/mol. The molecule has 6 rings (SSSR count). The minimum absolute atomic E-state index is 0.325. The topological polar surface area (TPSA) is 67.0 Å². The van der Waals surface area contributed by atoms with Crippen LogP contribution in [0.5, 0.6) is 0 Å². The van der Waals surface area contributed by atoms with Crippen molar-refractivity contribution >= 4 is 22.7 Å². The van der Waals surface area contributed by atoms with E-state index in [1.807, 2.05) is 12.3 Å². The zero-order valence-electron chi connectivity index (χ0n) is 14.8. The molecule has 2 N–H and O–H groups in total. The third kappa shape index (κ3) is 2.28. The average molecular weight is 339 g/mol. The molecule has 2 aromatic heterocycles. The summed E-state index contributed by atoms with van der Waals surface area (Å²) in [7, 11) is 1.43. The van der Waals surface area contributed by atoms with Gasteiger partial charge in [0.1, 0.15) is 11.2 Å². The number of nitrogens with one attached hydrogen (secondary N) is 2. The molecule has 0 amide bonds. The maximum atomic E-state index is 12.3. The molecule has 5 heteroatoms. The number of rotatable bonds is 3. The third-order valence-corrected chi connectivity index (χ3v) is 6.88. The Morgan fingerprint density at radius 1 is 1.32 bits per heavy atom. The molecule has 0 spiro atoms. The summed E-state index contributed by atoms with van der Waals surface area (Å²) in [5.41, 5.74) is 2.78. The fraction of sp³-hybridized carbons (Fsp3) is 0.600. The van der Waals surface area contributed by atoms with Crippen molar-refractivity contribution in [3.8, 4) is 0 Å². The minimum atomic E-state index is -0.325. The number of esters is 1. The lowest BCUT2D eigenvalue weighted by molar-refractivity contribution is -0.0504. The highest BCUT2D eigenvalue weighted by atomic mass is 16.5. The summed E-state index contributed by atoms with van der Waals surface area (Å²) in [5.74, 6) is 2.01. The Kier molecular flexibility index (Phi) is 3.19. The SMILES string of the molecule is COC(=O)c1cnc2[nH]ccc2c1NC1C2CC3CC1CC(C)(C3)C2. The van der Waals surface area contributed by atoms with Crippen LogP contribution in [0, 0.1) is 23.2 Å². The van der Waals surface area contributed by atoms with Gasteiger partial charge in [0.05, 0.1) is 12.8 Å². The summed E-state index contributed by atoms with van der Waals surface area (Å²) < 4.78 is 5.00. The number of H-pyrrole nitrogens is 1. The normalized spacial score (nSPS) is 35.9. The van der Waals surface area contributed by atoms with E-state index in [0.29, 0.717) is 28.9 Å². The molecule has 132 valence electrons. The monoisotopic (exact) mass is 339 g/mol. The highest BCUT2D eigenvalue weighted by Crippen LogP contribution is 2.60. The van der Waals surface area contributed by atoms with Crippen LogP contribution in [0.2, 0.25) is 0 Å². The zero-order valence-corrected chi connectivity index (χ0v) is 14.8. The molecule has 0 radical (unpaired) electrons. The van der Waals surface area contributed by atoms with Crippen LogP contribution in [0.3, 0.4) is 0 Å². The maximum Gasteiger partial charge on any atom is 0.341 e. The third-order valence-electron chi connectivity index (χ3n) is 6.88. The number of aromatic nitrogens is 2. The van der Waals surface area contributed by atoms with Gasteiger partial charge in [0, 0.05) is 23.8 Å². The number of anilines is 1. The number of carbonyl (C=O) groups excluding carboxylic acids is 1. The largest absolute Gasteiger partial charge is 0.465 e. The fourth-order valence-electron chi connectivity index (χ4n) is 6.26. The molecular formula is C20H25N3O2. The lowest BCUT2D eigenvalue weighted by atomic mass is 9.48. The van der Waals surface area contributed by atoms with E-state index >= 15 is 0 Å². The average Bonchev–Trinajstić information content (AvgIpc) is 3.04. The highest BCUT2D eigenvalue weighted by Gasteiger charge is 2.53. The van der Waals surface area contributed by atoms with Crippen LogP contribution >= 0.6 is 0 Å². The van der Waals surface area contributed by atoms with Gasteiger partial charge in [-0.3, -0.25) is 0 Å². The predicted octanol–water partition coefficient (Wildman–Crippen LogP) is 3.98. The van der Waals surface area contributed by atoms with Gasteiger partial charge >= 0.3 is 5.97 Å². The van der Waals surface area contributed by atoms with Crippen LogP contribution in [0.1, 0.15) is 49.4 Å². The van der Waals surface area contributed by atoms with E-state index in [4.69, 9.17) is 4.74 Å². The van der Waals surface area contributed by atoms with E-state index in [9.17, 15) is 4.79 Å². The molecule has 2 heterocycles. The van der Waals surface area contributed by atoms with Crippen molar-refractivity contribution in [3.63, 3.8) is 0 Å². The van der Waals surface area contributed by atoms with Crippen LogP contribution in [-0.4, -0.2) is 29.1 Å². The van der Waals surface area contributed by atoms with E-state index in [1.54, 1.807) is 6.20 Å². The van der Waals surface area contributed by atoms with Crippen molar-refractivity contribution in [2.45, 2.75) is 45.1 Å². The molecule has 2 atom stereocenters. The molecule has 2 aromatic rings. The van der Waals surface area contributed by atoms with E-state index in [0.717, 1.165) is 22.6 Å². The first kappa shape index (κ1) is 15.2. The van der Waals surface area contributed by atoms with E-state index < -0.39 is 0 Å². The Bertz CT molecular complexity index is 827. The lowest BCUT2D eigenvalue weighted by Crippen LogP contribution is -2.55. The number of pyridine rings is 1. The van der Waals surface area contributed by atoms with Gasteiger partial charge in [-0.15, -0.1) is 0 Å². The first-order valence-corrected chi connectivity index (χ1v) is 9.37. The molecule has 4 aliphatic carbocycles. The Labute approximate surface area is 147 Å². The smallest absolute Gasteiger partial charge is 0.341 e. The second-order valence-electron chi connectivity index (χ2n) is 8.73. The number of methoxy groups -OCH3 is 1. The van der Waals surface area contributed by atoms with E-state index in [1.165, 1.54) is 39.2 Å². The molecule has 4 saturated carbocycles. The van der Waals surface area contributed by atoms with Gasteiger partial charge in [-0.1, -0.05) is 6.92 Å². The van der Waals surface area contributed by atoms with Crippen LogP contribution in [-0.2, 0) is 4.74 Å². The van der Waals surface area contributed by atoms with Gasteiger partial charge in [0.25, 0.3) is 0 Å². The van der Waals surface area contributed by atoms with E-state index in [2.05, 4.69) is 22.2 Å². The maximum absolute atomic E-state index is 12.3. The van der Waals surface area contributed by atoms with E-state index in [-0.39, 0.29) is 5.97 Å². The standard InChI is InChI=1S/C20H25N3O2/c1-20-7-11-5-12(8-20)16(13(6-11)9-20)23-17-14-3-4-21-18(14)22-10-15(17)19(24)25-2/h3-4,10-13,16H,5-9H2,1-2H3,(H2,21,22,23). The number of carbonyl (C=O) groups is 1. The van der Waals surface area contributed by atoms with Gasteiger partial charge in [0.15, 0.2) is 0 Å². The van der Waals surface area contributed by atoms with Crippen molar-refractivity contribution in [3.05, 3.63) is 24.0 Å². The summed E-state index contributed by atoms with van der Waals surface area (Å²) in [6.45, 7) is 2.48. The lowest BCUT2D eigenvalue weighted by Gasteiger charge is -2.59. The van der Waals surface area contributed by atoms with Gasteiger partial charge in [0.2, 0.25) is 0 Å². The molecule has 0 aromatic carbocycles. The van der Waals surface area contributed by atoms with Crippen molar-refractivity contribution in [2.24, 2.45) is 23.2 Å². The molecule has 4 bridgehead atoms. The molecule has 0 saturated heterocycles. The number of hydrogen-bond donors (Lipinski definition) is 2. The Morgan fingerprint density at radius 2 is 2.08 bits per heavy atom. The molecule has 4 fully saturated rings. The van der Waals surface area contributed by atoms with Crippen molar-refractivity contribution in [2.75, 3.05) is 12.4 Å². The summed E-state index contributed by atoms with van der Waals surface area (Å²) >= 11 is 0. The van der Waals surface area contributed by atoms with Crippen molar-refractivity contribution < 1.29 is 9.53 Å². The van der Waals surface area contributed by atoms with Crippen LogP contribution < -0.4 is 5.32 Å². The van der Waals surface area contributed by atoms with Crippen LogP contribution in [0.4, 0.5) is 5.69 Å². The van der Waals surface area contributed by atoms with Gasteiger partial charge in [-0.05, 0) is 61.3 Å². The highest BCUT2D eigenvalue weighted by molar-refractivity contribution is 6.04. The van der Waals surface area contributed by atoms with Gasteiger partial charge in [-0.2, -0.15) is 0 Å². The molecule has 5 nitrogen and oxygen atoms in total. The number of nitrogens with zero attached hydrogens (tertiary/aromatic N) is 1. The fourth-order valence-corrected chi connectivity index (χ4v) is 6.26. The number of hydrogen-bond acceptors (Lipinski definition) is 4. The Balaban J connectivity index is 1.54. The Morgan fingerprint density at radius 3 is 2.76 bits per heavy atom. The number of ether oxygens (including phenoxy) is 1. The second kappa shape index (κ2) is 5.23. The molecule has 0 aliphatic heterocycles. The molecule has 4 aliphatic rings. The quantitative estimate of drug-likeness (QED) is 0.830. The Hall–Kier alpha value is -2.04. The second-order valence-corrected chi connectivity index (χ2v) is 8.73. The van der Waals surface area contributed by atoms with Crippen LogP contribution in [0.25, 0.3) is 11.0 Å². The number of aromatic amines is 1. The molecule has 25 heavy (non-hydrogen) atoms.